The van der Waals surface area contributed by atoms with Crippen LogP contribution in [0, 0.1) is 17.0 Å². The van der Waals surface area contributed by atoms with Gasteiger partial charge in [-0.1, -0.05) is 0 Å². The summed E-state index contributed by atoms with van der Waals surface area (Å²) in [4.78, 5) is 31.0. The van der Waals surface area contributed by atoms with Gasteiger partial charge in [0.05, 0.1) is 11.0 Å². The molecule has 0 aromatic carbocycles. The zero-order valence-electron chi connectivity index (χ0n) is 14.7. The van der Waals surface area contributed by atoms with Crippen molar-refractivity contribution >= 4 is 17.4 Å². The van der Waals surface area contributed by atoms with E-state index in [-0.39, 0.29) is 23.7 Å². The molecule has 1 atom stereocenters. The number of amides is 1. The van der Waals surface area contributed by atoms with Crippen LogP contribution >= 0.6 is 0 Å². The van der Waals surface area contributed by atoms with Gasteiger partial charge in [-0.2, -0.15) is 0 Å². The highest BCUT2D eigenvalue weighted by molar-refractivity contribution is 5.81. The lowest BCUT2D eigenvalue weighted by atomic mass is 10.2. The van der Waals surface area contributed by atoms with Crippen LogP contribution in [0.25, 0.3) is 0 Å². The SMILES string of the molecule is Cc1cc([N+](=O)[O-])cnc1N1CCN([C@H](C)C(=O)NC(C)C)CC1. The van der Waals surface area contributed by atoms with Crippen molar-refractivity contribution in [1.29, 1.82) is 0 Å². The number of nitrogens with one attached hydrogen (secondary N) is 1. The molecule has 8 heteroatoms. The van der Waals surface area contributed by atoms with Gasteiger partial charge in [0.15, 0.2) is 0 Å². The molecule has 8 nitrogen and oxygen atoms in total. The number of aromatic nitrogens is 1. The van der Waals surface area contributed by atoms with Gasteiger partial charge in [-0.05, 0) is 33.3 Å². The summed E-state index contributed by atoms with van der Waals surface area (Å²) in [5.74, 6) is 0.822. The van der Waals surface area contributed by atoms with E-state index in [0.29, 0.717) is 0 Å². The van der Waals surface area contributed by atoms with Crippen molar-refractivity contribution in [2.24, 2.45) is 0 Å². The first kappa shape index (κ1) is 18.1. The van der Waals surface area contributed by atoms with E-state index in [1.54, 1.807) is 6.07 Å². The predicted molar refractivity (Wildman–Crippen MR) is 92.2 cm³/mol. The normalized spacial score (nSPS) is 17.0. The number of hydrogen-bond donors (Lipinski definition) is 1. The number of pyridine rings is 1. The molecule has 0 spiro atoms. The standard InChI is InChI=1S/C16H25N5O3/c1-11(2)18-16(22)13(4)19-5-7-20(8-6-19)15-12(3)9-14(10-17-15)21(23)24/h9-11,13H,5-8H2,1-4H3,(H,18,22)/t13-/m1/s1. The molecule has 0 saturated carbocycles. The van der Waals surface area contributed by atoms with Crippen molar-refractivity contribution in [3.8, 4) is 0 Å². The van der Waals surface area contributed by atoms with Crippen molar-refractivity contribution < 1.29 is 9.72 Å². The Labute approximate surface area is 142 Å². The summed E-state index contributed by atoms with van der Waals surface area (Å²) in [5, 5.41) is 13.7. The minimum atomic E-state index is -0.434. The molecular formula is C16H25N5O3. The Morgan fingerprint density at radius 3 is 2.42 bits per heavy atom. The van der Waals surface area contributed by atoms with Gasteiger partial charge in [-0.3, -0.25) is 19.8 Å². The minimum absolute atomic E-state index is 0.00821. The van der Waals surface area contributed by atoms with Crippen LogP contribution in [0.2, 0.25) is 0 Å². The van der Waals surface area contributed by atoms with Gasteiger partial charge in [-0.15, -0.1) is 0 Å². The highest BCUT2D eigenvalue weighted by atomic mass is 16.6. The number of aryl methyl sites for hydroxylation is 1. The van der Waals surface area contributed by atoms with E-state index in [0.717, 1.165) is 37.6 Å². The van der Waals surface area contributed by atoms with Crippen molar-refractivity contribution in [2.75, 3.05) is 31.1 Å². The van der Waals surface area contributed by atoms with Gasteiger partial charge >= 0.3 is 0 Å². The summed E-state index contributed by atoms with van der Waals surface area (Å²) in [7, 11) is 0. The summed E-state index contributed by atoms with van der Waals surface area (Å²) < 4.78 is 0. The number of hydrogen-bond acceptors (Lipinski definition) is 6. The van der Waals surface area contributed by atoms with Crippen molar-refractivity contribution in [3.05, 3.63) is 27.9 Å². The molecule has 1 amide bonds. The number of piperazine rings is 1. The van der Waals surface area contributed by atoms with Crippen LogP contribution in [0.5, 0.6) is 0 Å². The fourth-order valence-electron chi connectivity index (χ4n) is 2.88. The Morgan fingerprint density at radius 2 is 1.92 bits per heavy atom. The van der Waals surface area contributed by atoms with Crippen LogP contribution < -0.4 is 10.2 Å². The van der Waals surface area contributed by atoms with Crippen LogP contribution in [0.3, 0.4) is 0 Å². The molecule has 0 radical (unpaired) electrons. The largest absolute Gasteiger partial charge is 0.354 e. The van der Waals surface area contributed by atoms with Crippen LogP contribution in [-0.4, -0.2) is 59.0 Å². The maximum absolute atomic E-state index is 12.1. The van der Waals surface area contributed by atoms with Crippen LogP contribution in [0.4, 0.5) is 11.5 Å². The van der Waals surface area contributed by atoms with Gasteiger partial charge in [0.2, 0.25) is 5.91 Å². The lowest BCUT2D eigenvalue weighted by Gasteiger charge is -2.38. The van der Waals surface area contributed by atoms with Gasteiger partial charge in [-0.25, -0.2) is 4.98 Å². The van der Waals surface area contributed by atoms with Crippen molar-refractivity contribution in [3.63, 3.8) is 0 Å². The van der Waals surface area contributed by atoms with E-state index in [1.807, 2.05) is 27.7 Å². The number of carbonyl (C=O) groups is 1. The fraction of sp³-hybridized carbons (Fsp3) is 0.625. The summed E-state index contributed by atoms with van der Waals surface area (Å²) in [5.41, 5.74) is 0.803. The monoisotopic (exact) mass is 335 g/mol. The molecule has 1 aliphatic heterocycles. The van der Waals surface area contributed by atoms with Gasteiger partial charge in [0.1, 0.15) is 12.0 Å². The molecule has 2 heterocycles. The van der Waals surface area contributed by atoms with Gasteiger partial charge < -0.3 is 10.2 Å². The van der Waals surface area contributed by atoms with Gasteiger partial charge in [0.25, 0.3) is 5.69 Å². The Kier molecular flexibility index (Phi) is 5.71. The number of nitro groups is 1. The van der Waals surface area contributed by atoms with E-state index in [9.17, 15) is 14.9 Å². The van der Waals surface area contributed by atoms with E-state index in [4.69, 9.17) is 0 Å². The van der Waals surface area contributed by atoms with E-state index < -0.39 is 4.92 Å². The number of anilines is 1. The maximum Gasteiger partial charge on any atom is 0.287 e. The first-order chi connectivity index (χ1) is 11.3. The summed E-state index contributed by atoms with van der Waals surface area (Å²) in [6.07, 6.45) is 1.30. The van der Waals surface area contributed by atoms with Crippen LogP contribution in [0.1, 0.15) is 26.3 Å². The lowest BCUT2D eigenvalue weighted by molar-refractivity contribution is -0.385. The Bertz CT molecular complexity index is 612. The topological polar surface area (TPSA) is 91.6 Å². The summed E-state index contributed by atoms with van der Waals surface area (Å²) in [6, 6.07) is 1.52. The number of rotatable bonds is 5. The highest BCUT2D eigenvalue weighted by Gasteiger charge is 2.27. The van der Waals surface area contributed by atoms with Gasteiger partial charge in [0, 0.05) is 38.3 Å². The molecule has 0 unspecified atom stereocenters. The number of carbonyl (C=O) groups excluding carboxylic acids is 1. The van der Waals surface area contributed by atoms with E-state index >= 15 is 0 Å². The average Bonchev–Trinajstić information content (AvgIpc) is 2.53. The molecule has 1 aromatic heterocycles. The van der Waals surface area contributed by atoms with Crippen LogP contribution in [0.15, 0.2) is 12.3 Å². The molecule has 0 bridgehead atoms. The third-order valence-corrected chi connectivity index (χ3v) is 4.22. The molecular weight excluding hydrogens is 310 g/mol. The predicted octanol–water partition coefficient (Wildman–Crippen LogP) is 1.33. The molecule has 132 valence electrons. The second-order valence-electron chi connectivity index (χ2n) is 6.45. The molecule has 0 aliphatic carbocycles. The number of nitrogens with zero attached hydrogens (tertiary/aromatic N) is 4. The third-order valence-electron chi connectivity index (χ3n) is 4.22. The Morgan fingerprint density at radius 1 is 1.29 bits per heavy atom. The summed E-state index contributed by atoms with van der Waals surface area (Å²) in [6.45, 7) is 10.6. The molecule has 1 fully saturated rings. The molecule has 2 rings (SSSR count). The quantitative estimate of drug-likeness (QED) is 0.645. The first-order valence-electron chi connectivity index (χ1n) is 8.20. The average molecular weight is 335 g/mol. The smallest absolute Gasteiger partial charge is 0.287 e. The van der Waals surface area contributed by atoms with Crippen LogP contribution in [-0.2, 0) is 4.79 Å². The lowest BCUT2D eigenvalue weighted by Crippen LogP contribution is -2.54. The highest BCUT2D eigenvalue weighted by Crippen LogP contribution is 2.23. The molecule has 1 aromatic rings. The Hall–Kier alpha value is -2.22. The first-order valence-corrected chi connectivity index (χ1v) is 8.20. The second-order valence-corrected chi connectivity index (χ2v) is 6.45. The van der Waals surface area contributed by atoms with E-state index in [1.165, 1.54) is 6.20 Å². The summed E-state index contributed by atoms with van der Waals surface area (Å²) >= 11 is 0. The fourth-order valence-corrected chi connectivity index (χ4v) is 2.88. The molecule has 1 N–H and O–H groups in total. The molecule has 1 saturated heterocycles. The zero-order valence-corrected chi connectivity index (χ0v) is 14.7. The van der Waals surface area contributed by atoms with Crippen molar-refractivity contribution in [2.45, 2.75) is 39.8 Å². The molecule has 1 aliphatic rings. The Balaban J connectivity index is 1.97. The molecule has 24 heavy (non-hydrogen) atoms. The van der Waals surface area contributed by atoms with Crippen molar-refractivity contribution in [1.82, 2.24) is 15.2 Å². The minimum Gasteiger partial charge on any atom is -0.354 e. The third kappa shape index (κ3) is 4.19. The maximum atomic E-state index is 12.1. The second kappa shape index (κ2) is 7.57. The van der Waals surface area contributed by atoms with E-state index in [2.05, 4.69) is 20.1 Å². The zero-order chi connectivity index (χ0) is 17.9.